The molecule has 2 aromatic rings. The summed E-state index contributed by atoms with van der Waals surface area (Å²) in [5, 5.41) is 3.75. The lowest BCUT2D eigenvalue weighted by Crippen LogP contribution is -2.50. The van der Waals surface area contributed by atoms with Crippen LogP contribution in [0.5, 0.6) is 5.75 Å². The van der Waals surface area contributed by atoms with Crippen LogP contribution in [0, 0.1) is 6.92 Å². The molecule has 0 aliphatic carbocycles. The maximum Gasteiger partial charge on any atom is 0.261 e. The average molecular weight is 451 g/mol. The lowest BCUT2D eigenvalue weighted by Gasteiger charge is -2.29. The number of ether oxygens (including phenoxy) is 1. The number of nitrogens with zero attached hydrogens (tertiary/aromatic N) is 1. The van der Waals surface area contributed by atoms with Gasteiger partial charge in [0.05, 0.1) is 5.02 Å². The molecule has 0 saturated heterocycles. The number of nitrogens with one attached hydrogen (secondary N) is 1. The highest BCUT2D eigenvalue weighted by molar-refractivity contribution is 6.35. The number of rotatable bonds is 9. The summed E-state index contributed by atoms with van der Waals surface area (Å²) in [6.07, 6.45) is 0.808. The molecule has 0 spiro atoms. The fourth-order valence-corrected chi connectivity index (χ4v) is 3.33. The molecule has 2 atom stereocenters. The Balaban J connectivity index is 2.18. The van der Waals surface area contributed by atoms with Gasteiger partial charge < -0.3 is 15.0 Å². The summed E-state index contributed by atoms with van der Waals surface area (Å²) in [7, 11) is 0. The molecule has 2 rings (SSSR count). The molecule has 0 heterocycles. The van der Waals surface area contributed by atoms with Crippen LogP contribution in [-0.2, 0) is 16.1 Å². The minimum atomic E-state index is -0.656. The van der Waals surface area contributed by atoms with E-state index in [9.17, 15) is 9.59 Å². The Morgan fingerprint density at radius 3 is 2.50 bits per heavy atom. The third-order valence-electron chi connectivity index (χ3n) is 4.85. The van der Waals surface area contributed by atoms with Crippen LogP contribution in [0.3, 0.4) is 0 Å². The van der Waals surface area contributed by atoms with E-state index in [1.807, 2.05) is 45.0 Å². The summed E-state index contributed by atoms with van der Waals surface area (Å²) >= 11 is 12.0. The Kier molecular flexibility index (Phi) is 9.00. The first-order valence-electron chi connectivity index (χ1n) is 9.94. The summed E-state index contributed by atoms with van der Waals surface area (Å²) in [6.45, 7) is 7.69. The summed E-state index contributed by atoms with van der Waals surface area (Å²) in [5.74, 6) is -0.147. The average Bonchev–Trinajstić information content (AvgIpc) is 2.70. The number of carbonyl (C=O) groups is 2. The predicted molar refractivity (Wildman–Crippen MR) is 121 cm³/mol. The number of hydrogen-bond acceptors (Lipinski definition) is 3. The van der Waals surface area contributed by atoms with E-state index >= 15 is 0 Å². The zero-order valence-corrected chi connectivity index (χ0v) is 19.3. The highest BCUT2D eigenvalue weighted by Gasteiger charge is 2.27. The Hall–Kier alpha value is -2.24. The molecule has 162 valence electrons. The number of benzene rings is 2. The van der Waals surface area contributed by atoms with Gasteiger partial charge in [-0.2, -0.15) is 0 Å². The second-order valence-electron chi connectivity index (χ2n) is 7.37. The van der Waals surface area contributed by atoms with Gasteiger partial charge in [0.1, 0.15) is 11.8 Å². The lowest BCUT2D eigenvalue weighted by molar-refractivity contribution is -0.142. The van der Waals surface area contributed by atoms with Crippen molar-refractivity contribution in [2.24, 2.45) is 0 Å². The summed E-state index contributed by atoms with van der Waals surface area (Å²) < 4.78 is 5.61. The molecule has 30 heavy (non-hydrogen) atoms. The first-order chi connectivity index (χ1) is 14.2. The first kappa shape index (κ1) is 24.0. The van der Waals surface area contributed by atoms with Crippen LogP contribution in [0.4, 0.5) is 0 Å². The molecule has 1 N–H and O–H groups in total. The van der Waals surface area contributed by atoms with E-state index in [1.54, 1.807) is 25.1 Å². The molecule has 0 radical (unpaired) electrons. The van der Waals surface area contributed by atoms with Crippen LogP contribution in [0.15, 0.2) is 42.5 Å². The SMILES string of the molecule is CC[C@@H](C)NC(=O)[C@H](C)N(Cc1cccc(C)c1)C(=O)COc1ccc(Cl)cc1Cl. The fourth-order valence-electron chi connectivity index (χ4n) is 2.87. The van der Waals surface area contributed by atoms with E-state index in [1.165, 1.54) is 4.90 Å². The molecule has 0 unspecified atom stereocenters. The van der Waals surface area contributed by atoms with E-state index in [0.29, 0.717) is 22.3 Å². The van der Waals surface area contributed by atoms with Crippen molar-refractivity contribution >= 4 is 35.0 Å². The molecule has 0 fully saturated rings. The van der Waals surface area contributed by atoms with Crippen molar-refractivity contribution in [2.75, 3.05) is 6.61 Å². The van der Waals surface area contributed by atoms with Crippen molar-refractivity contribution in [3.63, 3.8) is 0 Å². The summed E-state index contributed by atoms with van der Waals surface area (Å²) in [5.41, 5.74) is 2.02. The quantitative estimate of drug-likeness (QED) is 0.583. The zero-order chi connectivity index (χ0) is 22.3. The normalized spacial score (nSPS) is 12.7. The maximum atomic E-state index is 13.0. The van der Waals surface area contributed by atoms with Crippen LogP contribution >= 0.6 is 23.2 Å². The van der Waals surface area contributed by atoms with Crippen LogP contribution in [0.25, 0.3) is 0 Å². The summed E-state index contributed by atoms with van der Waals surface area (Å²) in [4.78, 5) is 27.3. The molecule has 0 saturated carbocycles. The highest BCUT2D eigenvalue weighted by atomic mass is 35.5. The number of aryl methyl sites for hydroxylation is 1. The Morgan fingerprint density at radius 1 is 1.13 bits per heavy atom. The van der Waals surface area contributed by atoms with Gasteiger partial charge in [0, 0.05) is 17.6 Å². The first-order valence-corrected chi connectivity index (χ1v) is 10.7. The van der Waals surface area contributed by atoms with Crippen molar-refractivity contribution in [3.8, 4) is 5.75 Å². The van der Waals surface area contributed by atoms with E-state index in [-0.39, 0.29) is 24.5 Å². The minimum Gasteiger partial charge on any atom is -0.482 e. The van der Waals surface area contributed by atoms with Gasteiger partial charge in [0.15, 0.2) is 6.61 Å². The van der Waals surface area contributed by atoms with Gasteiger partial charge in [-0.25, -0.2) is 0 Å². The summed E-state index contributed by atoms with van der Waals surface area (Å²) in [6, 6.07) is 12.0. The van der Waals surface area contributed by atoms with Gasteiger partial charge in [0.25, 0.3) is 5.91 Å². The smallest absolute Gasteiger partial charge is 0.261 e. The zero-order valence-electron chi connectivity index (χ0n) is 17.7. The molecule has 0 bridgehead atoms. The molecule has 2 amide bonds. The molecular weight excluding hydrogens is 423 g/mol. The molecule has 0 aliphatic rings. The topological polar surface area (TPSA) is 58.6 Å². The van der Waals surface area contributed by atoms with Crippen molar-refractivity contribution in [2.45, 2.75) is 52.7 Å². The number of halogens is 2. The van der Waals surface area contributed by atoms with Crippen molar-refractivity contribution in [1.82, 2.24) is 10.2 Å². The van der Waals surface area contributed by atoms with Gasteiger partial charge in [-0.05, 0) is 51.0 Å². The Morgan fingerprint density at radius 2 is 1.87 bits per heavy atom. The van der Waals surface area contributed by atoms with Crippen LogP contribution in [-0.4, -0.2) is 35.4 Å². The van der Waals surface area contributed by atoms with E-state index in [0.717, 1.165) is 17.5 Å². The predicted octanol–water partition coefficient (Wildman–Crippen LogP) is 5.01. The number of carbonyl (C=O) groups excluding carboxylic acids is 2. The molecular formula is C23H28Cl2N2O3. The molecule has 0 aliphatic heterocycles. The number of amides is 2. The second-order valence-corrected chi connectivity index (χ2v) is 8.21. The van der Waals surface area contributed by atoms with Crippen LogP contribution in [0.1, 0.15) is 38.3 Å². The Bertz CT molecular complexity index is 889. The molecule has 5 nitrogen and oxygen atoms in total. The highest BCUT2D eigenvalue weighted by Crippen LogP contribution is 2.27. The third kappa shape index (κ3) is 6.92. The minimum absolute atomic E-state index is 0.0278. The molecule has 0 aromatic heterocycles. The van der Waals surface area contributed by atoms with Gasteiger partial charge in [-0.15, -0.1) is 0 Å². The lowest BCUT2D eigenvalue weighted by atomic mass is 10.1. The maximum absolute atomic E-state index is 13.0. The second kappa shape index (κ2) is 11.2. The fraction of sp³-hybridized carbons (Fsp3) is 0.391. The van der Waals surface area contributed by atoms with Crippen LogP contribution in [0.2, 0.25) is 10.0 Å². The Labute approximate surface area is 188 Å². The monoisotopic (exact) mass is 450 g/mol. The van der Waals surface area contributed by atoms with Crippen molar-refractivity contribution < 1.29 is 14.3 Å². The molecule has 2 aromatic carbocycles. The van der Waals surface area contributed by atoms with E-state index in [4.69, 9.17) is 27.9 Å². The van der Waals surface area contributed by atoms with Crippen molar-refractivity contribution in [3.05, 3.63) is 63.6 Å². The van der Waals surface area contributed by atoms with Gasteiger partial charge >= 0.3 is 0 Å². The number of hydrogen-bond donors (Lipinski definition) is 1. The largest absolute Gasteiger partial charge is 0.482 e. The standard InChI is InChI=1S/C23H28Cl2N2O3/c1-5-16(3)26-23(29)17(4)27(13-18-8-6-7-15(2)11-18)22(28)14-30-21-10-9-19(24)12-20(21)25/h6-12,16-17H,5,13-14H2,1-4H3,(H,26,29)/t16-,17+/m1/s1. The van der Waals surface area contributed by atoms with Gasteiger partial charge in [-0.1, -0.05) is 60.0 Å². The van der Waals surface area contributed by atoms with Gasteiger partial charge in [0.2, 0.25) is 5.91 Å². The van der Waals surface area contributed by atoms with Crippen LogP contribution < -0.4 is 10.1 Å². The molecule has 7 heteroatoms. The van der Waals surface area contributed by atoms with Crippen molar-refractivity contribution in [1.29, 1.82) is 0 Å². The van der Waals surface area contributed by atoms with Gasteiger partial charge in [-0.3, -0.25) is 9.59 Å². The van der Waals surface area contributed by atoms with E-state index < -0.39 is 6.04 Å². The van der Waals surface area contributed by atoms with E-state index in [2.05, 4.69) is 5.32 Å². The third-order valence-corrected chi connectivity index (χ3v) is 5.38.